The molecule has 0 saturated carbocycles. The number of hydrogen-bond donors (Lipinski definition) is 1. The number of rotatable bonds is 7. The monoisotopic (exact) mass is 349 g/mol. The zero-order valence-corrected chi connectivity index (χ0v) is 14.6. The standard InChI is InChI=1S/C18H20ClNO4/c1-22-15-10-12(11-16(23-2)17(15)24-3)8-9-20-18(21)13-6-4-5-7-14(13)19/h4-7,10-11H,8-9H2,1-3H3,(H,20,21). The number of carbonyl (C=O) groups excluding carboxylic acids is 1. The first-order valence-electron chi connectivity index (χ1n) is 7.42. The molecular weight excluding hydrogens is 330 g/mol. The summed E-state index contributed by atoms with van der Waals surface area (Å²) in [4.78, 5) is 12.1. The van der Waals surface area contributed by atoms with E-state index in [0.717, 1.165) is 5.56 Å². The molecule has 0 aliphatic heterocycles. The van der Waals surface area contributed by atoms with Crippen molar-refractivity contribution in [3.05, 3.63) is 52.5 Å². The van der Waals surface area contributed by atoms with Crippen LogP contribution in [0.1, 0.15) is 15.9 Å². The number of benzene rings is 2. The maximum Gasteiger partial charge on any atom is 0.252 e. The molecule has 1 N–H and O–H groups in total. The first-order chi connectivity index (χ1) is 11.6. The lowest BCUT2D eigenvalue weighted by Gasteiger charge is -2.14. The van der Waals surface area contributed by atoms with Gasteiger partial charge in [-0.15, -0.1) is 0 Å². The van der Waals surface area contributed by atoms with Gasteiger partial charge in [0.25, 0.3) is 5.91 Å². The molecule has 0 radical (unpaired) electrons. The smallest absolute Gasteiger partial charge is 0.252 e. The van der Waals surface area contributed by atoms with E-state index in [1.165, 1.54) is 0 Å². The van der Waals surface area contributed by atoms with Gasteiger partial charge < -0.3 is 19.5 Å². The van der Waals surface area contributed by atoms with Crippen molar-refractivity contribution in [3.63, 3.8) is 0 Å². The number of methoxy groups -OCH3 is 3. The summed E-state index contributed by atoms with van der Waals surface area (Å²) >= 11 is 6.02. The molecule has 2 rings (SSSR count). The number of amides is 1. The van der Waals surface area contributed by atoms with Gasteiger partial charge in [0.2, 0.25) is 5.75 Å². The third kappa shape index (κ3) is 4.11. The molecule has 1 amide bonds. The lowest BCUT2D eigenvalue weighted by atomic mass is 10.1. The minimum atomic E-state index is -0.201. The van der Waals surface area contributed by atoms with Gasteiger partial charge in [-0.25, -0.2) is 0 Å². The fourth-order valence-electron chi connectivity index (χ4n) is 2.34. The molecule has 0 aliphatic carbocycles. The predicted octanol–water partition coefficient (Wildman–Crippen LogP) is 3.34. The van der Waals surface area contributed by atoms with E-state index in [2.05, 4.69) is 5.32 Å². The van der Waals surface area contributed by atoms with Crippen molar-refractivity contribution in [3.8, 4) is 17.2 Å². The number of halogens is 1. The highest BCUT2D eigenvalue weighted by Gasteiger charge is 2.14. The summed E-state index contributed by atoms with van der Waals surface area (Å²) < 4.78 is 15.9. The number of hydrogen-bond acceptors (Lipinski definition) is 4. The van der Waals surface area contributed by atoms with E-state index in [4.69, 9.17) is 25.8 Å². The fourth-order valence-corrected chi connectivity index (χ4v) is 2.56. The molecule has 128 valence electrons. The van der Waals surface area contributed by atoms with Crippen LogP contribution in [-0.2, 0) is 6.42 Å². The Hall–Kier alpha value is -2.40. The summed E-state index contributed by atoms with van der Waals surface area (Å²) in [7, 11) is 4.70. The summed E-state index contributed by atoms with van der Waals surface area (Å²) in [6.07, 6.45) is 0.618. The van der Waals surface area contributed by atoms with Gasteiger partial charge in [0.05, 0.1) is 31.9 Å². The van der Waals surface area contributed by atoms with Crippen LogP contribution in [-0.4, -0.2) is 33.8 Å². The van der Waals surface area contributed by atoms with Crippen LogP contribution in [0.3, 0.4) is 0 Å². The highest BCUT2D eigenvalue weighted by molar-refractivity contribution is 6.33. The maximum atomic E-state index is 12.1. The Kier molecular flexibility index (Phi) is 6.32. The van der Waals surface area contributed by atoms with Crippen LogP contribution in [0.5, 0.6) is 17.2 Å². The van der Waals surface area contributed by atoms with Crippen LogP contribution < -0.4 is 19.5 Å². The molecule has 0 spiro atoms. The zero-order chi connectivity index (χ0) is 17.5. The summed E-state index contributed by atoms with van der Waals surface area (Å²) in [6, 6.07) is 10.7. The molecule has 6 heteroatoms. The molecule has 0 bridgehead atoms. The largest absolute Gasteiger partial charge is 0.493 e. The van der Waals surface area contributed by atoms with E-state index < -0.39 is 0 Å². The Morgan fingerprint density at radius 2 is 1.67 bits per heavy atom. The SMILES string of the molecule is COc1cc(CCNC(=O)c2ccccc2Cl)cc(OC)c1OC. The fraction of sp³-hybridized carbons (Fsp3) is 0.278. The topological polar surface area (TPSA) is 56.8 Å². The molecule has 2 aromatic carbocycles. The number of nitrogens with one attached hydrogen (secondary N) is 1. The molecule has 0 saturated heterocycles. The van der Waals surface area contributed by atoms with E-state index in [0.29, 0.717) is 40.8 Å². The van der Waals surface area contributed by atoms with Gasteiger partial charge in [-0.05, 0) is 36.2 Å². The molecule has 24 heavy (non-hydrogen) atoms. The third-order valence-corrected chi connectivity index (χ3v) is 3.87. The molecule has 0 unspecified atom stereocenters. The van der Waals surface area contributed by atoms with Crippen LogP contribution >= 0.6 is 11.6 Å². The Balaban J connectivity index is 2.04. The normalized spacial score (nSPS) is 10.2. The van der Waals surface area contributed by atoms with Crippen molar-refractivity contribution < 1.29 is 19.0 Å². The molecule has 0 aliphatic rings. The molecule has 0 fully saturated rings. The van der Waals surface area contributed by atoms with Crippen molar-refractivity contribution >= 4 is 17.5 Å². The van der Waals surface area contributed by atoms with Crippen LogP contribution in [0.15, 0.2) is 36.4 Å². The second kappa shape index (κ2) is 8.45. The molecule has 0 heterocycles. The van der Waals surface area contributed by atoms with E-state index in [-0.39, 0.29) is 5.91 Å². The third-order valence-electron chi connectivity index (χ3n) is 3.54. The van der Waals surface area contributed by atoms with Crippen LogP contribution in [0.25, 0.3) is 0 Å². The number of ether oxygens (including phenoxy) is 3. The lowest BCUT2D eigenvalue weighted by Crippen LogP contribution is -2.25. The Labute approximate surface area is 146 Å². The molecule has 5 nitrogen and oxygen atoms in total. The molecule has 0 aromatic heterocycles. The van der Waals surface area contributed by atoms with Crippen LogP contribution in [0.2, 0.25) is 5.02 Å². The quantitative estimate of drug-likeness (QED) is 0.833. The van der Waals surface area contributed by atoms with E-state index in [1.54, 1.807) is 45.6 Å². The van der Waals surface area contributed by atoms with Crippen molar-refractivity contribution in [2.45, 2.75) is 6.42 Å². The Morgan fingerprint density at radius 1 is 1.04 bits per heavy atom. The minimum absolute atomic E-state index is 0.201. The van der Waals surface area contributed by atoms with Gasteiger partial charge in [0, 0.05) is 6.54 Å². The summed E-state index contributed by atoms with van der Waals surface area (Å²) in [5, 5.41) is 3.29. The predicted molar refractivity (Wildman–Crippen MR) is 93.6 cm³/mol. The van der Waals surface area contributed by atoms with Gasteiger partial charge in [0.1, 0.15) is 0 Å². The highest BCUT2D eigenvalue weighted by Crippen LogP contribution is 2.38. The van der Waals surface area contributed by atoms with Gasteiger partial charge in [-0.1, -0.05) is 23.7 Å². The highest BCUT2D eigenvalue weighted by atomic mass is 35.5. The van der Waals surface area contributed by atoms with Gasteiger partial charge in [-0.3, -0.25) is 4.79 Å². The molecule has 2 aromatic rings. The van der Waals surface area contributed by atoms with Crippen molar-refractivity contribution in [2.75, 3.05) is 27.9 Å². The average molecular weight is 350 g/mol. The van der Waals surface area contributed by atoms with Crippen LogP contribution in [0, 0.1) is 0 Å². The van der Waals surface area contributed by atoms with E-state index in [9.17, 15) is 4.79 Å². The molecule has 0 atom stereocenters. The van der Waals surface area contributed by atoms with Gasteiger partial charge in [-0.2, -0.15) is 0 Å². The Bertz CT molecular complexity index is 693. The summed E-state index contributed by atoms with van der Waals surface area (Å²) in [5.41, 5.74) is 1.42. The van der Waals surface area contributed by atoms with E-state index in [1.807, 2.05) is 12.1 Å². The second-order valence-electron chi connectivity index (χ2n) is 5.02. The lowest BCUT2D eigenvalue weighted by molar-refractivity contribution is 0.0954. The minimum Gasteiger partial charge on any atom is -0.493 e. The van der Waals surface area contributed by atoms with Crippen molar-refractivity contribution in [1.29, 1.82) is 0 Å². The molecular formula is C18H20ClNO4. The Morgan fingerprint density at radius 3 is 2.21 bits per heavy atom. The maximum absolute atomic E-state index is 12.1. The van der Waals surface area contributed by atoms with Crippen molar-refractivity contribution in [2.24, 2.45) is 0 Å². The number of carbonyl (C=O) groups is 1. The summed E-state index contributed by atoms with van der Waals surface area (Å²) in [6.45, 7) is 0.461. The van der Waals surface area contributed by atoms with Gasteiger partial charge in [0.15, 0.2) is 11.5 Å². The first-order valence-corrected chi connectivity index (χ1v) is 7.80. The van der Waals surface area contributed by atoms with Gasteiger partial charge >= 0.3 is 0 Å². The average Bonchev–Trinajstić information content (AvgIpc) is 2.60. The summed E-state index contributed by atoms with van der Waals surface area (Å²) in [5.74, 6) is 1.52. The van der Waals surface area contributed by atoms with E-state index >= 15 is 0 Å². The van der Waals surface area contributed by atoms with Crippen LogP contribution in [0.4, 0.5) is 0 Å². The van der Waals surface area contributed by atoms with Crippen molar-refractivity contribution in [1.82, 2.24) is 5.32 Å². The zero-order valence-electron chi connectivity index (χ0n) is 13.9. The first kappa shape index (κ1) is 17.9. The second-order valence-corrected chi connectivity index (χ2v) is 5.43.